The third-order valence-electron chi connectivity index (χ3n) is 4.51. The number of H-pyrrole nitrogens is 1. The second-order valence-electron chi connectivity index (χ2n) is 6.13. The van der Waals surface area contributed by atoms with Crippen molar-refractivity contribution in [1.82, 2.24) is 19.7 Å². The lowest BCUT2D eigenvalue weighted by molar-refractivity contribution is -0.116. The number of hydrogen-bond acceptors (Lipinski definition) is 4. The second kappa shape index (κ2) is 5.34. The van der Waals surface area contributed by atoms with E-state index < -0.39 is 0 Å². The van der Waals surface area contributed by atoms with E-state index in [1.54, 1.807) is 17.1 Å². The van der Waals surface area contributed by atoms with Crippen molar-refractivity contribution >= 4 is 22.8 Å². The Balaban J connectivity index is 1.57. The van der Waals surface area contributed by atoms with Crippen LogP contribution in [0.5, 0.6) is 0 Å². The number of imidazole rings is 1. The van der Waals surface area contributed by atoms with Gasteiger partial charge in [-0.25, -0.2) is 9.67 Å². The number of carbonyl (C=O) groups excluding carboxylic acids is 1. The molecule has 1 atom stereocenters. The predicted molar refractivity (Wildman–Crippen MR) is 91.2 cm³/mol. The average Bonchev–Trinajstić information content (AvgIpc) is 3.34. The molecule has 3 aromatic heterocycles. The lowest BCUT2D eigenvalue weighted by atomic mass is 9.93. The highest BCUT2D eigenvalue weighted by Gasteiger charge is 2.32. The van der Waals surface area contributed by atoms with Crippen molar-refractivity contribution in [2.75, 3.05) is 5.32 Å². The van der Waals surface area contributed by atoms with Crippen LogP contribution in [0.1, 0.15) is 29.5 Å². The summed E-state index contributed by atoms with van der Waals surface area (Å²) in [6, 6.07) is 11.6. The van der Waals surface area contributed by atoms with Gasteiger partial charge >= 0.3 is 0 Å². The van der Waals surface area contributed by atoms with Gasteiger partial charge in [0.05, 0.1) is 29.4 Å². The number of nitrogens with one attached hydrogen (secondary N) is 2. The Hall–Kier alpha value is -3.35. The number of fused-ring (bicyclic) bond motifs is 2. The van der Waals surface area contributed by atoms with Crippen LogP contribution in [0.25, 0.3) is 11.0 Å². The average molecular weight is 333 g/mol. The van der Waals surface area contributed by atoms with Crippen LogP contribution < -0.4 is 5.32 Å². The van der Waals surface area contributed by atoms with Gasteiger partial charge in [0, 0.05) is 12.0 Å². The zero-order valence-electron chi connectivity index (χ0n) is 13.3. The van der Waals surface area contributed by atoms with E-state index in [1.165, 1.54) is 0 Å². The number of amides is 1. The Morgan fingerprint density at radius 3 is 3.00 bits per heavy atom. The number of benzene rings is 1. The first-order chi connectivity index (χ1) is 12.3. The van der Waals surface area contributed by atoms with E-state index in [4.69, 9.17) is 4.42 Å². The SMILES string of the molecule is O=C1C[C@@H](c2nc3ccccc3[nH]2)c2cnn(Cc3ccco3)c2N1. The Kier molecular flexibility index (Phi) is 3.00. The molecular formula is C18H15N5O2. The Morgan fingerprint density at radius 2 is 2.16 bits per heavy atom. The Morgan fingerprint density at radius 1 is 1.24 bits per heavy atom. The summed E-state index contributed by atoms with van der Waals surface area (Å²) >= 11 is 0. The van der Waals surface area contributed by atoms with Crippen LogP contribution in [-0.2, 0) is 11.3 Å². The maximum absolute atomic E-state index is 12.3. The van der Waals surface area contributed by atoms with Gasteiger partial charge in [0.15, 0.2) is 0 Å². The molecule has 7 nitrogen and oxygen atoms in total. The van der Waals surface area contributed by atoms with Crippen molar-refractivity contribution in [3.05, 3.63) is 66.0 Å². The number of aromatic amines is 1. The fourth-order valence-corrected chi connectivity index (χ4v) is 3.32. The maximum Gasteiger partial charge on any atom is 0.226 e. The van der Waals surface area contributed by atoms with Crippen molar-refractivity contribution in [3.63, 3.8) is 0 Å². The number of rotatable bonds is 3. The third kappa shape index (κ3) is 2.32. The van der Waals surface area contributed by atoms with E-state index in [1.807, 2.05) is 36.4 Å². The normalized spacial score (nSPS) is 16.8. The lowest BCUT2D eigenvalue weighted by Gasteiger charge is -2.21. The lowest BCUT2D eigenvalue weighted by Crippen LogP contribution is -2.25. The van der Waals surface area contributed by atoms with Crippen molar-refractivity contribution < 1.29 is 9.21 Å². The van der Waals surface area contributed by atoms with Crippen LogP contribution in [0, 0.1) is 0 Å². The van der Waals surface area contributed by atoms with Gasteiger partial charge in [-0.1, -0.05) is 12.1 Å². The molecule has 2 N–H and O–H groups in total. The van der Waals surface area contributed by atoms with E-state index in [0.29, 0.717) is 18.8 Å². The minimum Gasteiger partial charge on any atom is -0.467 e. The molecule has 0 bridgehead atoms. The number of furan rings is 1. The van der Waals surface area contributed by atoms with Crippen molar-refractivity contribution in [2.45, 2.75) is 18.9 Å². The van der Waals surface area contributed by atoms with Gasteiger partial charge < -0.3 is 14.7 Å². The van der Waals surface area contributed by atoms with Crippen LogP contribution in [0.15, 0.2) is 53.3 Å². The van der Waals surface area contributed by atoms with E-state index in [9.17, 15) is 4.79 Å². The highest BCUT2D eigenvalue weighted by atomic mass is 16.3. The van der Waals surface area contributed by atoms with Crippen LogP contribution in [0.3, 0.4) is 0 Å². The molecule has 0 unspecified atom stereocenters. The number of nitrogens with zero attached hydrogens (tertiary/aromatic N) is 3. The van der Waals surface area contributed by atoms with Gasteiger partial charge in [-0.3, -0.25) is 4.79 Å². The van der Waals surface area contributed by atoms with Crippen LogP contribution in [-0.4, -0.2) is 25.7 Å². The van der Waals surface area contributed by atoms with Gasteiger partial charge in [0.2, 0.25) is 5.91 Å². The molecule has 25 heavy (non-hydrogen) atoms. The third-order valence-corrected chi connectivity index (χ3v) is 4.51. The molecule has 124 valence electrons. The number of para-hydroxylation sites is 2. The molecule has 0 radical (unpaired) electrons. The quantitative estimate of drug-likeness (QED) is 0.603. The fourth-order valence-electron chi connectivity index (χ4n) is 3.32. The molecule has 4 aromatic rings. The van der Waals surface area contributed by atoms with E-state index in [2.05, 4.69) is 20.4 Å². The highest BCUT2D eigenvalue weighted by Crippen LogP contribution is 2.36. The van der Waals surface area contributed by atoms with Gasteiger partial charge in [-0.05, 0) is 24.3 Å². The first-order valence-electron chi connectivity index (χ1n) is 8.10. The van der Waals surface area contributed by atoms with Gasteiger partial charge in [0.25, 0.3) is 0 Å². The summed E-state index contributed by atoms with van der Waals surface area (Å²) in [7, 11) is 0. The summed E-state index contributed by atoms with van der Waals surface area (Å²) in [5, 5.41) is 7.37. The number of hydrogen-bond donors (Lipinski definition) is 2. The van der Waals surface area contributed by atoms with Crippen LogP contribution >= 0.6 is 0 Å². The van der Waals surface area contributed by atoms with Crippen molar-refractivity contribution in [2.24, 2.45) is 0 Å². The summed E-state index contributed by atoms with van der Waals surface area (Å²) < 4.78 is 7.13. The molecule has 0 aliphatic carbocycles. The molecule has 1 aromatic carbocycles. The van der Waals surface area contributed by atoms with E-state index in [-0.39, 0.29) is 11.8 Å². The Labute approximate surface area is 142 Å². The van der Waals surface area contributed by atoms with Gasteiger partial charge in [-0.2, -0.15) is 5.10 Å². The summed E-state index contributed by atoms with van der Waals surface area (Å²) in [4.78, 5) is 20.3. The first-order valence-corrected chi connectivity index (χ1v) is 8.10. The van der Waals surface area contributed by atoms with Gasteiger partial charge in [-0.15, -0.1) is 0 Å². The molecule has 0 saturated heterocycles. The van der Waals surface area contributed by atoms with Crippen LogP contribution in [0.2, 0.25) is 0 Å². The van der Waals surface area contributed by atoms with Crippen LogP contribution in [0.4, 0.5) is 5.82 Å². The fraction of sp³-hybridized carbons (Fsp3) is 0.167. The molecule has 0 fully saturated rings. The molecule has 1 amide bonds. The predicted octanol–water partition coefficient (Wildman–Crippen LogP) is 2.87. The molecule has 1 aliphatic heterocycles. The van der Waals surface area contributed by atoms with Crippen molar-refractivity contribution in [1.29, 1.82) is 0 Å². The summed E-state index contributed by atoms with van der Waals surface area (Å²) in [6.07, 6.45) is 3.77. The molecule has 0 saturated carbocycles. The monoisotopic (exact) mass is 333 g/mol. The minimum atomic E-state index is -0.137. The maximum atomic E-state index is 12.3. The smallest absolute Gasteiger partial charge is 0.226 e. The number of carbonyl (C=O) groups is 1. The largest absolute Gasteiger partial charge is 0.467 e. The Bertz CT molecular complexity index is 1030. The van der Waals surface area contributed by atoms with Gasteiger partial charge in [0.1, 0.15) is 23.9 Å². The zero-order valence-corrected chi connectivity index (χ0v) is 13.3. The topological polar surface area (TPSA) is 88.7 Å². The standard InChI is InChI=1S/C18H15N5O2/c24-16-8-12(17-20-14-5-1-2-6-15(14)21-17)13-9-19-23(18(13)22-16)10-11-4-3-7-25-11/h1-7,9,12H,8,10H2,(H,20,21)(H,22,24)/t12-/m1/s1. The molecule has 4 heterocycles. The first kappa shape index (κ1) is 14.0. The molecule has 7 heteroatoms. The summed E-state index contributed by atoms with van der Waals surface area (Å²) in [5.41, 5.74) is 2.83. The summed E-state index contributed by atoms with van der Waals surface area (Å²) in [6.45, 7) is 0.468. The minimum absolute atomic E-state index is 0.0425. The molecular weight excluding hydrogens is 318 g/mol. The highest BCUT2D eigenvalue weighted by molar-refractivity contribution is 5.94. The molecule has 0 spiro atoms. The van der Waals surface area contributed by atoms with E-state index in [0.717, 1.165) is 28.2 Å². The zero-order chi connectivity index (χ0) is 16.8. The van der Waals surface area contributed by atoms with E-state index >= 15 is 0 Å². The number of aromatic nitrogens is 4. The van der Waals surface area contributed by atoms with Crippen molar-refractivity contribution in [3.8, 4) is 0 Å². The number of anilines is 1. The summed E-state index contributed by atoms with van der Waals surface area (Å²) in [5.74, 6) is 2.10. The second-order valence-corrected chi connectivity index (χ2v) is 6.13. The molecule has 1 aliphatic rings. The molecule has 5 rings (SSSR count).